The lowest BCUT2D eigenvalue weighted by atomic mass is 10.1. The van der Waals surface area contributed by atoms with Gasteiger partial charge < -0.3 is 0 Å². The highest BCUT2D eigenvalue weighted by Crippen LogP contribution is 2.10. The molecular formula is C14H29O2S+. The third-order valence-electron chi connectivity index (χ3n) is 2.78. The van der Waals surface area contributed by atoms with Crippen LogP contribution >= 0.6 is 0 Å². The summed E-state index contributed by atoms with van der Waals surface area (Å²) in [6.45, 7) is 5.85. The quantitative estimate of drug-likeness (QED) is 0.411. The van der Waals surface area contributed by atoms with Gasteiger partial charge in [-0.1, -0.05) is 45.4 Å². The van der Waals surface area contributed by atoms with Crippen molar-refractivity contribution in [2.24, 2.45) is 0 Å². The Bertz CT molecular complexity index is 183. The Morgan fingerprint density at radius 2 is 1.47 bits per heavy atom. The SMILES string of the molecule is CCCCCCCCCC[S+](CC)OC(C)=O. The second-order valence-electron chi connectivity index (χ2n) is 4.48. The Balaban J connectivity index is 3.28. The van der Waals surface area contributed by atoms with E-state index in [1.807, 2.05) is 0 Å². The lowest BCUT2D eigenvalue weighted by molar-refractivity contribution is -0.130. The molecule has 0 N–H and O–H groups in total. The zero-order valence-electron chi connectivity index (χ0n) is 11.8. The first-order chi connectivity index (χ1) is 8.20. The predicted octanol–water partition coefficient (Wildman–Crippen LogP) is 4.24. The summed E-state index contributed by atoms with van der Waals surface area (Å²) in [7, 11) is 0. The largest absolute Gasteiger partial charge is 0.361 e. The van der Waals surface area contributed by atoms with Crippen molar-refractivity contribution < 1.29 is 8.98 Å². The summed E-state index contributed by atoms with van der Waals surface area (Å²) in [6, 6.07) is 0. The summed E-state index contributed by atoms with van der Waals surface area (Å²) in [5, 5.41) is 0. The number of hydrogen-bond donors (Lipinski definition) is 0. The van der Waals surface area contributed by atoms with Gasteiger partial charge in [-0.3, -0.25) is 0 Å². The second kappa shape index (κ2) is 12.3. The van der Waals surface area contributed by atoms with E-state index in [0.717, 1.165) is 11.5 Å². The third kappa shape index (κ3) is 12.1. The van der Waals surface area contributed by atoms with Gasteiger partial charge in [0.1, 0.15) is 5.75 Å². The number of carbonyl (C=O) groups excluding carboxylic acids is 1. The van der Waals surface area contributed by atoms with Crippen LogP contribution < -0.4 is 0 Å². The smallest absolute Gasteiger partial charge is 0.248 e. The van der Waals surface area contributed by atoms with Crippen molar-refractivity contribution in [2.45, 2.75) is 72.1 Å². The van der Waals surface area contributed by atoms with Crippen molar-refractivity contribution in [2.75, 3.05) is 11.5 Å². The fourth-order valence-corrected chi connectivity index (χ4v) is 3.16. The van der Waals surface area contributed by atoms with Gasteiger partial charge in [-0.2, -0.15) is 0 Å². The molecule has 0 rings (SSSR count). The van der Waals surface area contributed by atoms with Crippen molar-refractivity contribution in [1.82, 2.24) is 0 Å². The molecule has 0 saturated heterocycles. The van der Waals surface area contributed by atoms with Gasteiger partial charge >= 0.3 is 5.97 Å². The van der Waals surface area contributed by atoms with E-state index in [1.165, 1.54) is 58.3 Å². The van der Waals surface area contributed by atoms with E-state index in [1.54, 1.807) is 0 Å². The van der Waals surface area contributed by atoms with Crippen LogP contribution in [0.25, 0.3) is 0 Å². The Hall–Kier alpha value is -0.180. The molecule has 2 nitrogen and oxygen atoms in total. The Morgan fingerprint density at radius 1 is 0.941 bits per heavy atom. The molecule has 0 bridgehead atoms. The molecule has 0 heterocycles. The number of unbranched alkanes of at least 4 members (excludes halogenated alkanes) is 7. The molecular weight excluding hydrogens is 232 g/mol. The monoisotopic (exact) mass is 261 g/mol. The molecule has 0 aliphatic heterocycles. The van der Waals surface area contributed by atoms with E-state index in [0.29, 0.717) is 0 Å². The first-order valence-electron chi connectivity index (χ1n) is 7.07. The molecule has 0 spiro atoms. The highest BCUT2D eigenvalue weighted by Gasteiger charge is 2.19. The topological polar surface area (TPSA) is 26.3 Å². The van der Waals surface area contributed by atoms with Crippen molar-refractivity contribution in [3.05, 3.63) is 0 Å². The van der Waals surface area contributed by atoms with E-state index in [2.05, 4.69) is 13.8 Å². The summed E-state index contributed by atoms with van der Waals surface area (Å²) in [4.78, 5) is 10.8. The first kappa shape index (κ1) is 16.8. The van der Waals surface area contributed by atoms with E-state index in [-0.39, 0.29) is 17.1 Å². The fourth-order valence-electron chi connectivity index (χ4n) is 1.81. The molecule has 0 aromatic heterocycles. The van der Waals surface area contributed by atoms with Gasteiger partial charge in [0, 0.05) is 6.92 Å². The molecule has 0 aromatic rings. The summed E-state index contributed by atoms with van der Waals surface area (Å²) in [6.07, 6.45) is 10.7. The maximum atomic E-state index is 10.8. The Morgan fingerprint density at radius 3 is 1.94 bits per heavy atom. The fraction of sp³-hybridized carbons (Fsp3) is 0.929. The van der Waals surface area contributed by atoms with Crippen LogP contribution in [-0.4, -0.2) is 17.5 Å². The van der Waals surface area contributed by atoms with Crippen LogP contribution in [-0.2, 0) is 20.2 Å². The molecule has 0 saturated carbocycles. The van der Waals surface area contributed by atoms with Crippen molar-refractivity contribution in [3.63, 3.8) is 0 Å². The maximum Gasteiger partial charge on any atom is 0.361 e. The standard InChI is InChI=1S/C14H29O2S/c1-4-6-7-8-9-10-11-12-13-17(5-2)16-14(3)15/h4-13H2,1-3H3/q+1. The molecule has 0 radical (unpaired) electrons. The average molecular weight is 261 g/mol. The molecule has 0 amide bonds. The van der Waals surface area contributed by atoms with E-state index in [4.69, 9.17) is 4.18 Å². The number of rotatable bonds is 11. The minimum absolute atomic E-state index is 0.121. The van der Waals surface area contributed by atoms with Crippen LogP contribution in [0, 0.1) is 0 Å². The molecule has 17 heavy (non-hydrogen) atoms. The van der Waals surface area contributed by atoms with Gasteiger partial charge in [0.05, 0.1) is 0 Å². The molecule has 0 aliphatic carbocycles. The zero-order chi connectivity index (χ0) is 12.9. The summed E-state index contributed by atoms with van der Waals surface area (Å²) in [5.74, 6) is 1.90. The van der Waals surface area contributed by atoms with Gasteiger partial charge in [-0.25, -0.2) is 8.98 Å². The Kier molecular flexibility index (Phi) is 12.2. The third-order valence-corrected chi connectivity index (χ3v) is 4.64. The molecule has 1 unspecified atom stereocenters. The van der Waals surface area contributed by atoms with Crippen LogP contribution in [0.2, 0.25) is 0 Å². The second-order valence-corrected chi connectivity index (χ2v) is 6.51. The predicted molar refractivity (Wildman–Crippen MR) is 77.1 cm³/mol. The highest BCUT2D eigenvalue weighted by molar-refractivity contribution is 7.92. The van der Waals surface area contributed by atoms with Gasteiger partial charge in [0.25, 0.3) is 0 Å². The Labute approximate surface area is 110 Å². The normalized spacial score (nSPS) is 12.4. The number of hydrogen-bond acceptors (Lipinski definition) is 2. The van der Waals surface area contributed by atoms with Gasteiger partial charge in [-0.15, -0.1) is 0 Å². The summed E-state index contributed by atoms with van der Waals surface area (Å²) >= 11 is -0.121. The molecule has 1 atom stereocenters. The van der Waals surface area contributed by atoms with Crippen molar-refractivity contribution in [1.29, 1.82) is 0 Å². The lowest BCUT2D eigenvalue weighted by Crippen LogP contribution is -2.16. The highest BCUT2D eigenvalue weighted by atomic mass is 32.2. The van der Waals surface area contributed by atoms with Gasteiger partial charge in [0.15, 0.2) is 5.75 Å². The van der Waals surface area contributed by atoms with E-state index in [9.17, 15) is 4.79 Å². The molecule has 0 aromatic carbocycles. The van der Waals surface area contributed by atoms with Crippen LogP contribution in [0.4, 0.5) is 0 Å². The average Bonchev–Trinajstić information content (AvgIpc) is 2.30. The van der Waals surface area contributed by atoms with Crippen LogP contribution in [0.15, 0.2) is 0 Å². The first-order valence-corrected chi connectivity index (χ1v) is 8.55. The zero-order valence-corrected chi connectivity index (χ0v) is 12.6. The summed E-state index contributed by atoms with van der Waals surface area (Å²) < 4.78 is 5.25. The van der Waals surface area contributed by atoms with Crippen LogP contribution in [0.5, 0.6) is 0 Å². The minimum Gasteiger partial charge on any atom is -0.248 e. The molecule has 3 heteroatoms. The van der Waals surface area contributed by atoms with Crippen LogP contribution in [0.3, 0.4) is 0 Å². The number of carbonyl (C=O) groups is 1. The van der Waals surface area contributed by atoms with Gasteiger partial charge in [0.2, 0.25) is 11.2 Å². The lowest BCUT2D eigenvalue weighted by Gasteiger charge is -2.03. The minimum atomic E-state index is -0.130. The van der Waals surface area contributed by atoms with Crippen molar-refractivity contribution in [3.8, 4) is 0 Å². The molecule has 0 aliphatic rings. The molecule has 0 fully saturated rings. The maximum absolute atomic E-state index is 10.8. The summed E-state index contributed by atoms with van der Waals surface area (Å²) in [5.41, 5.74) is 0. The van der Waals surface area contributed by atoms with E-state index < -0.39 is 0 Å². The van der Waals surface area contributed by atoms with Crippen molar-refractivity contribution >= 4 is 17.1 Å². The van der Waals surface area contributed by atoms with Gasteiger partial charge in [-0.05, 0) is 19.8 Å². The molecule has 102 valence electrons. The van der Waals surface area contributed by atoms with Crippen LogP contribution in [0.1, 0.15) is 72.1 Å². The van der Waals surface area contributed by atoms with E-state index >= 15 is 0 Å².